The van der Waals surface area contributed by atoms with Gasteiger partial charge in [0.2, 0.25) is 0 Å². The van der Waals surface area contributed by atoms with Crippen molar-refractivity contribution in [2.45, 2.75) is 13.1 Å². The topological polar surface area (TPSA) is 21.3 Å². The van der Waals surface area contributed by atoms with Crippen LogP contribution in [0.3, 0.4) is 0 Å². The summed E-state index contributed by atoms with van der Waals surface area (Å²) < 4.78 is 41.7. The maximum atomic E-state index is 11.8. The number of halogens is 4. The lowest BCUT2D eigenvalue weighted by Gasteiger charge is -2.11. The Morgan fingerprint density at radius 2 is 2.06 bits per heavy atom. The van der Waals surface area contributed by atoms with Gasteiger partial charge < -0.3 is 10.1 Å². The van der Waals surface area contributed by atoms with Crippen molar-refractivity contribution in [2.24, 2.45) is 0 Å². The lowest BCUT2D eigenvalue weighted by Crippen LogP contribution is -2.31. The largest absolute Gasteiger partial charge is 0.492 e. The first-order valence-corrected chi connectivity index (χ1v) is 5.84. The Labute approximate surface area is 106 Å². The smallest absolute Gasteiger partial charge is 0.401 e. The summed E-state index contributed by atoms with van der Waals surface area (Å²) in [6, 6.07) is 5.49. The zero-order chi connectivity index (χ0) is 12.9. The molecule has 17 heavy (non-hydrogen) atoms. The molecular weight excluding hydrogens is 299 g/mol. The molecule has 1 aromatic rings. The van der Waals surface area contributed by atoms with Crippen LogP contribution in [0.25, 0.3) is 0 Å². The Morgan fingerprint density at radius 3 is 2.65 bits per heavy atom. The second-order valence-electron chi connectivity index (χ2n) is 3.55. The van der Waals surface area contributed by atoms with Crippen molar-refractivity contribution >= 4 is 15.9 Å². The molecule has 0 aliphatic rings. The molecular formula is C11H13BrF3NO. The number of alkyl halides is 3. The Kier molecular flexibility index (Phi) is 5.27. The molecule has 0 radical (unpaired) electrons. The molecule has 0 amide bonds. The molecule has 0 aliphatic heterocycles. The third-order valence-electron chi connectivity index (χ3n) is 2.00. The van der Waals surface area contributed by atoms with Gasteiger partial charge in [-0.3, -0.25) is 0 Å². The van der Waals surface area contributed by atoms with Crippen LogP contribution in [0.2, 0.25) is 0 Å². The second kappa shape index (κ2) is 6.26. The molecule has 1 rings (SSSR count). The van der Waals surface area contributed by atoms with Crippen molar-refractivity contribution in [3.8, 4) is 5.75 Å². The molecule has 6 heteroatoms. The Balaban J connectivity index is 2.27. The summed E-state index contributed by atoms with van der Waals surface area (Å²) in [5.74, 6) is 0.682. The van der Waals surface area contributed by atoms with Gasteiger partial charge in [0.15, 0.2) is 0 Å². The van der Waals surface area contributed by atoms with Gasteiger partial charge >= 0.3 is 6.18 Å². The lowest BCUT2D eigenvalue weighted by atomic mass is 10.2. The van der Waals surface area contributed by atoms with Gasteiger partial charge in [0.25, 0.3) is 0 Å². The van der Waals surface area contributed by atoms with Gasteiger partial charge in [-0.1, -0.05) is 15.9 Å². The van der Waals surface area contributed by atoms with Gasteiger partial charge in [-0.25, -0.2) is 0 Å². The highest BCUT2D eigenvalue weighted by atomic mass is 79.9. The summed E-state index contributed by atoms with van der Waals surface area (Å²) in [6.45, 7) is 1.26. The first-order valence-electron chi connectivity index (χ1n) is 5.05. The Morgan fingerprint density at radius 1 is 1.35 bits per heavy atom. The van der Waals surface area contributed by atoms with E-state index in [0.717, 1.165) is 10.0 Å². The quantitative estimate of drug-likeness (QED) is 0.843. The van der Waals surface area contributed by atoms with Crippen molar-refractivity contribution in [2.75, 3.05) is 19.7 Å². The molecule has 0 bridgehead atoms. The maximum Gasteiger partial charge on any atom is 0.401 e. The predicted octanol–water partition coefficient (Wildman–Crippen LogP) is 3.29. The van der Waals surface area contributed by atoms with Gasteiger partial charge in [0.1, 0.15) is 12.4 Å². The number of rotatable bonds is 5. The summed E-state index contributed by atoms with van der Waals surface area (Å²) in [6.07, 6.45) is -4.17. The second-order valence-corrected chi connectivity index (χ2v) is 4.47. The van der Waals surface area contributed by atoms with Crippen molar-refractivity contribution in [1.82, 2.24) is 5.32 Å². The van der Waals surface area contributed by atoms with Crippen molar-refractivity contribution in [3.63, 3.8) is 0 Å². The lowest BCUT2D eigenvalue weighted by molar-refractivity contribution is -0.124. The predicted molar refractivity (Wildman–Crippen MR) is 63.3 cm³/mol. The molecule has 1 N–H and O–H groups in total. The maximum absolute atomic E-state index is 11.8. The highest BCUT2D eigenvalue weighted by Crippen LogP contribution is 2.21. The SMILES string of the molecule is Cc1cc(Br)ccc1OCCNCC(F)(F)F. The molecule has 2 nitrogen and oxygen atoms in total. The zero-order valence-electron chi connectivity index (χ0n) is 9.27. The van der Waals surface area contributed by atoms with Crippen LogP contribution in [-0.4, -0.2) is 25.9 Å². The van der Waals surface area contributed by atoms with Crippen LogP contribution in [0.1, 0.15) is 5.56 Å². The minimum Gasteiger partial charge on any atom is -0.492 e. The van der Waals surface area contributed by atoms with Crippen LogP contribution in [0.5, 0.6) is 5.75 Å². The summed E-state index contributed by atoms with van der Waals surface area (Å²) in [4.78, 5) is 0. The van der Waals surface area contributed by atoms with Crippen LogP contribution in [-0.2, 0) is 0 Å². The van der Waals surface area contributed by atoms with Crippen LogP contribution < -0.4 is 10.1 Å². The van der Waals surface area contributed by atoms with E-state index in [1.54, 1.807) is 6.07 Å². The standard InChI is InChI=1S/C11H13BrF3NO/c1-8-6-9(12)2-3-10(8)17-5-4-16-7-11(13,14)15/h2-3,6,16H,4-5,7H2,1H3. The summed E-state index contributed by atoms with van der Waals surface area (Å²) in [5, 5.41) is 2.27. The number of hydrogen-bond acceptors (Lipinski definition) is 2. The average Bonchev–Trinajstić information content (AvgIpc) is 2.18. The van der Waals surface area contributed by atoms with Crippen molar-refractivity contribution < 1.29 is 17.9 Å². The fourth-order valence-corrected chi connectivity index (χ4v) is 1.71. The van der Waals surface area contributed by atoms with Crippen LogP contribution >= 0.6 is 15.9 Å². The number of aryl methyl sites for hydroxylation is 1. The van der Waals surface area contributed by atoms with E-state index >= 15 is 0 Å². The number of ether oxygens (including phenoxy) is 1. The molecule has 0 unspecified atom stereocenters. The summed E-state index contributed by atoms with van der Waals surface area (Å²) >= 11 is 3.32. The third kappa shape index (κ3) is 5.93. The Hall–Kier alpha value is -0.750. The monoisotopic (exact) mass is 311 g/mol. The molecule has 0 spiro atoms. The van der Waals surface area contributed by atoms with Crippen LogP contribution in [0, 0.1) is 6.92 Å². The Bertz CT molecular complexity index is 368. The molecule has 0 fully saturated rings. The van der Waals surface area contributed by atoms with E-state index in [-0.39, 0.29) is 13.2 Å². The minimum atomic E-state index is -4.17. The van der Waals surface area contributed by atoms with Gasteiger partial charge in [-0.15, -0.1) is 0 Å². The van der Waals surface area contributed by atoms with E-state index in [9.17, 15) is 13.2 Å². The van der Waals surface area contributed by atoms with E-state index in [4.69, 9.17) is 4.74 Å². The highest BCUT2D eigenvalue weighted by Gasteiger charge is 2.25. The van der Waals surface area contributed by atoms with Gasteiger partial charge in [-0.05, 0) is 30.7 Å². The molecule has 0 saturated carbocycles. The van der Waals surface area contributed by atoms with E-state index in [1.165, 1.54) is 0 Å². The number of benzene rings is 1. The van der Waals surface area contributed by atoms with E-state index < -0.39 is 12.7 Å². The summed E-state index contributed by atoms with van der Waals surface area (Å²) in [7, 11) is 0. The zero-order valence-corrected chi connectivity index (χ0v) is 10.9. The molecule has 0 aliphatic carbocycles. The summed E-state index contributed by atoms with van der Waals surface area (Å²) in [5.41, 5.74) is 0.940. The van der Waals surface area contributed by atoms with Crippen molar-refractivity contribution in [3.05, 3.63) is 28.2 Å². The molecule has 0 atom stereocenters. The third-order valence-corrected chi connectivity index (χ3v) is 2.49. The molecule has 96 valence electrons. The number of hydrogen-bond donors (Lipinski definition) is 1. The van der Waals surface area contributed by atoms with Gasteiger partial charge in [0.05, 0.1) is 6.54 Å². The van der Waals surface area contributed by atoms with Gasteiger partial charge in [-0.2, -0.15) is 13.2 Å². The van der Waals surface area contributed by atoms with Crippen LogP contribution in [0.4, 0.5) is 13.2 Å². The first-order chi connectivity index (χ1) is 7.88. The van der Waals surface area contributed by atoms with Crippen molar-refractivity contribution in [1.29, 1.82) is 0 Å². The molecule has 0 aromatic heterocycles. The van der Waals surface area contributed by atoms with Crippen LogP contribution in [0.15, 0.2) is 22.7 Å². The molecule has 1 aromatic carbocycles. The fraction of sp³-hybridized carbons (Fsp3) is 0.455. The molecule has 0 heterocycles. The van der Waals surface area contributed by atoms with Gasteiger partial charge in [0, 0.05) is 11.0 Å². The minimum absolute atomic E-state index is 0.162. The highest BCUT2D eigenvalue weighted by molar-refractivity contribution is 9.10. The van der Waals surface area contributed by atoms with E-state index in [2.05, 4.69) is 21.2 Å². The van der Waals surface area contributed by atoms with E-state index in [1.807, 2.05) is 19.1 Å². The number of nitrogens with one attached hydrogen (secondary N) is 1. The normalized spacial score (nSPS) is 11.6. The molecule has 0 saturated heterocycles. The fourth-order valence-electron chi connectivity index (χ4n) is 1.24. The average molecular weight is 312 g/mol. The van der Waals surface area contributed by atoms with E-state index in [0.29, 0.717) is 5.75 Å². The first kappa shape index (κ1) is 14.3.